The van der Waals surface area contributed by atoms with Gasteiger partial charge in [-0.3, -0.25) is 13.9 Å². The van der Waals surface area contributed by atoms with Gasteiger partial charge in [-0.2, -0.15) is 0 Å². The number of sulfonamides is 1. The Hall–Kier alpha value is -4.34. The third-order valence-corrected chi connectivity index (χ3v) is 10.3. The summed E-state index contributed by atoms with van der Waals surface area (Å²) in [7, 11) is -2.76. The second kappa shape index (κ2) is 15.3. The van der Waals surface area contributed by atoms with Crippen LogP contribution >= 0.6 is 11.6 Å². The van der Waals surface area contributed by atoms with Crippen LogP contribution in [0.4, 0.5) is 5.69 Å². The molecule has 46 heavy (non-hydrogen) atoms. The number of rotatable bonds is 13. The molecule has 1 unspecified atom stereocenters. The lowest BCUT2D eigenvalue weighted by atomic mass is 10.0. The molecule has 1 N–H and O–H groups in total. The Morgan fingerprint density at radius 3 is 2.04 bits per heavy atom. The number of ether oxygens (including phenoxy) is 1. The number of nitrogens with zero attached hydrogens (tertiary/aromatic N) is 2. The van der Waals surface area contributed by atoms with Gasteiger partial charge in [0.15, 0.2) is 0 Å². The maximum absolute atomic E-state index is 14.6. The van der Waals surface area contributed by atoms with Crippen molar-refractivity contribution in [3.05, 3.63) is 125 Å². The zero-order valence-electron chi connectivity index (χ0n) is 25.7. The number of anilines is 1. The summed E-state index contributed by atoms with van der Waals surface area (Å²) in [6.07, 6.45) is 4.11. The fraction of sp³-hybridized carbons (Fsp3) is 0.278. The number of hydrogen-bond acceptors (Lipinski definition) is 5. The minimum absolute atomic E-state index is 0.0177. The van der Waals surface area contributed by atoms with Crippen molar-refractivity contribution in [2.24, 2.45) is 0 Å². The second-order valence-electron chi connectivity index (χ2n) is 11.3. The highest BCUT2D eigenvalue weighted by atomic mass is 35.5. The minimum atomic E-state index is -4.23. The molecule has 1 aliphatic rings. The quantitative estimate of drug-likeness (QED) is 0.183. The molecule has 0 heterocycles. The predicted molar refractivity (Wildman–Crippen MR) is 180 cm³/mol. The minimum Gasteiger partial charge on any atom is -0.495 e. The standard InChI is InChI=1S/C36H38ClN3O5S/c1-45-34-22-21-30(24-32(34)37)40(46(43,44)31-19-9-4-10-20-31)26-35(41)39(25-28-15-7-3-8-16-28)33(23-27-13-5-2-6-14-27)36(42)38-29-17-11-12-18-29/h2-10,13-16,19-22,24,29,33H,11-12,17-18,23,25-26H2,1H3,(H,38,42). The molecule has 1 saturated carbocycles. The molecule has 0 aliphatic heterocycles. The SMILES string of the molecule is COc1ccc(N(CC(=O)N(Cc2ccccc2)C(Cc2ccccc2)C(=O)NC2CCCC2)S(=O)(=O)c2ccccc2)cc1Cl. The van der Waals surface area contributed by atoms with Crippen LogP contribution in [-0.4, -0.2) is 50.9 Å². The highest BCUT2D eigenvalue weighted by molar-refractivity contribution is 7.92. The summed E-state index contributed by atoms with van der Waals surface area (Å²) >= 11 is 6.44. The van der Waals surface area contributed by atoms with Crippen LogP contribution in [0.5, 0.6) is 5.75 Å². The molecule has 8 nitrogen and oxygen atoms in total. The smallest absolute Gasteiger partial charge is 0.264 e. The number of carbonyl (C=O) groups excluding carboxylic acids is 2. The Balaban J connectivity index is 1.56. The van der Waals surface area contributed by atoms with Gasteiger partial charge < -0.3 is 15.0 Å². The zero-order chi connectivity index (χ0) is 32.5. The van der Waals surface area contributed by atoms with Crippen molar-refractivity contribution in [2.45, 2.75) is 55.6 Å². The first-order valence-electron chi connectivity index (χ1n) is 15.4. The van der Waals surface area contributed by atoms with Crippen LogP contribution in [0.25, 0.3) is 0 Å². The number of benzene rings is 4. The summed E-state index contributed by atoms with van der Waals surface area (Å²) in [5.74, 6) is -0.422. The van der Waals surface area contributed by atoms with Crippen molar-refractivity contribution in [2.75, 3.05) is 18.0 Å². The first-order valence-corrected chi connectivity index (χ1v) is 17.2. The lowest BCUT2D eigenvalue weighted by Crippen LogP contribution is -2.54. The number of nitrogens with one attached hydrogen (secondary N) is 1. The van der Waals surface area contributed by atoms with Gasteiger partial charge in [-0.15, -0.1) is 0 Å². The molecule has 0 radical (unpaired) electrons. The Bertz CT molecular complexity index is 1720. The van der Waals surface area contributed by atoms with Gasteiger partial charge in [-0.25, -0.2) is 8.42 Å². The van der Waals surface area contributed by atoms with E-state index in [-0.39, 0.29) is 40.5 Å². The van der Waals surface area contributed by atoms with Crippen molar-refractivity contribution < 1.29 is 22.7 Å². The maximum atomic E-state index is 14.6. The van der Waals surface area contributed by atoms with Crippen molar-refractivity contribution in [1.29, 1.82) is 0 Å². The topological polar surface area (TPSA) is 96.0 Å². The number of hydrogen-bond donors (Lipinski definition) is 1. The van der Waals surface area contributed by atoms with Crippen LogP contribution in [0.2, 0.25) is 5.02 Å². The summed E-state index contributed by atoms with van der Waals surface area (Å²) in [4.78, 5) is 30.2. The number of halogens is 1. The molecule has 0 bridgehead atoms. The monoisotopic (exact) mass is 659 g/mol. The fourth-order valence-corrected chi connectivity index (χ4v) is 7.44. The summed E-state index contributed by atoms with van der Waals surface area (Å²) in [5.41, 5.74) is 1.89. The average Bonchev–Trinajstić information content (AvgIpc) is 3.59. The molecule has 4 aromatic rings. The second-order valence-corrected chi connectivity index (χ2v) is 13.6. The van der Waals surface area contributed by atoms with Crippen LogP contribution in [0.15, 0.2) is 114 Å². The lowest BCUT2D eigenvalue weighted by Gasteiger charge is -2.34. The van der Waals surface area contributed by atoms with E-state index >= 15 is 0 Å². The molecule has 1 fully saturated rings. The maximum Gasteiger partial charge on any atom is 0.264 e. The van der Waals surface area contributed by atoms with E-state index in [2.05, 4.69) is 5.32 Å². The van der Waals surface area contributed by atoms with E-state index < -0.39 is 28.5 Å². The highest BCUT2D eigenvalue weighted by Gasteiger charge is 2.35. The van der Waals surface area contributed by atoms with Gasteiger partial charge in [0.2, 0.25) is 11.8 Å². The number of carbonyl (C=O) groups is 2. The molecule has 10 heteroatoms. The molecule has 2 amide bonds. The first-order chi connectivity index (χ1) is 22.3. The molecule has 0 saturated heterocycles. The van der Waals surface area contributed by atoms with Crippen molar-refractivity contribution in [3.63, 3.8) is 0 Å². The predicted octanol–water partition coefficient (Wildman–Crippen LogP) is 6.24. The average molecular weight is 660 g/mol. The normalized spacial score (nSPS) is 14.0. The van der Waals surface area contributed by atoms with Gasteiger partial charge in [0.25, 0.3) is 10.0 Å². The van der Waals surface area contributed by atoms with Gasteiger partial charge >= 0.3 is 0 Å². The highest BCUT2D eigenvalue weighted by Crippen LogP contribution is 2.32. The summed E-state index contributed by atoms with van der Waals surface area (Å²) in [5, 5.41) is 3.38. The van der Waals surface area contributed by atoms with E-state index in [0.29, 0.717) is 5.75 Å². The van der Waals surface area contributed by atoms with Crippen molar-refractivity contribution >= 4 is 39.1 Å². The van der Waals surface area contributed by atoms with Gasteiger partial charge in [0.05, 0.1) is 22.7 Å². The molecular formula is C36H38ClN3O5S. The summed E-state index contributed by atoms with van der Waals surface area (Å²) in [6, 6.07) is 30.6. The largest absolute Gasteiger partial charge is 0.495 e. The van der Waals surface area contributed by atoms with Gasteiger partial charge in [-0.05, 0) is 54.3 Å². The van der Waals surface area contributed by atoms with Crippen LogP contribution in [0.1, 0.15) is 36.8 Å². The molecule has 0 aromatic heterocycles. The van der Waals surface area contributed by atoms with Gasteiger partial charge in [0, 0.05) is 19.0 Å². The molecular weight excluding hydrogens is 622 g/mol. The van der Waals surface area contributed by atoms with Crippen LogP contribution < -0.4 is 14.4 Å². The third-order valence-electron chi connectivity index (χ3n) is 8.20. The summed E-state index contributed by atoms with van der Waals surface area (Å²) < 4.78 is 34.6. The van der Waals surface area contributed by atoms with E-state index in [1.807, 2.05) is 60.7 Å². The van der Waals surface area contributed by atoms with E-state index in [9.17, 15) is 18.0 Å². The van der Waals surface area contributed by atoms with E-state index in [1.54, 1.807) is 30.3 Å². The Morgan fingerprint density at radius 1 is 0.870 bits per heavy atom. The van der Waals surface area contributed by atoms with Crippen LogP contribution in [-0.2, 0) is 32.6 Å². The van der Waals surface area contributed by atoms with Crippen LogP contribution in [0.3, 0.4) is 0 Å². The number of amides is 2. The fourth-order valence-electron chi connectivity index (χ4n) is 5.76. The molecule has 5 rings (SSSR count). The van der Waals surface area contributed by atoms with Gasteiger partial charge in [0.1, 0.15) is 18.3 Å². The van der Waals surface area contributed by atoms with Gasteiger partial charge in [-0.1, -0.05) is 103 Å². The zero-order valence-corrected chi connectivity index (χ0v) is 27.3. The van der Waals surface area contributed by atoms with E-state index in [1.165, 1.54) is 30.2 Å². The van der Waals surface area contributed by atoms with Crippen LogP contribution in [0, 0.1) is 0 Å². The van der Waals surface area contributed by atoms with Crippen molar-refractivity contribution in [3.8, 4) is 5.75 Å². The van der Waals surface area contributed by atoms with E-state index in [0.717, 1.165) is 41.1 Å². The first kappa shape index (κ1) is 33.0. The Morgan fingerprint density at radius 2 is 1.46 bits per heavy atom. The Labute approximate surface area is 276 Å². The summed E-state index contributed by atoms with van der Waals surface area (Å²) in [6.45, 7) is -0.452. The lowest BCUT2D eigenvalue weighted by molar-refractivity contribution is -0.140. The Kier molecular flexibility index (Phi) is 11.0. The van der Waals surface area contributed by atoms with E-state index in [4.69, 9.17) is 16.3 Å². The molecule has 1 aliphatic carbocycles. The molecule has 1 atom stereocenters. The molecule has 0 spiro atoms. The molecule has 4 aromatic carbocycles. The third kappa shape index (κ3) is 8.08. The molecule has 240 valence electrons. The number of methoxy groups -OCH3 is 1. The van der Waals surface area contributed by atoms with Crippen molar-refractivity contribution in [1.82, 2.24) is 10.2 Å².